The molecule has 0 amide bonds. The topological polar surface area (TPSA) is 24.9 Å². The minimum Gasteiger partial charge on any atom is -0.461 e. The molecule has 3 aliphatic heterocycles. The summed E-state index contributed by atoms with van der Waals surface area (Å²) >= 11 is 0. The van der Waals surface area contributed by atoms with Crippen LogP contribution >= 0.6 is 0 Å². The highest BCUT2D eigenvalue weighted by Gasteiger charge is 2.40. The molecule has 318 valence electrons. The summed E-state index contributed by atoms with van der Waals surface area (Å²) in [5, 5.41) is 2.44. The maximum Gasteiger partial charge on any atom is 0.131 e. The Kier molecular flexibility index (Phi) is 11.2. The van der Waals surface area contributed by atoms with Crippen molar-refractivity contribution in [2.24, 2.45) is 0 Å². The number of ether oxygens (including phenoxy) is 2. The van der Waals surface area contributed by atoms with Crippen LogP contribution in [0.15, 0.2) is 254 Å². The molecule has 4 nitrogen and oxygen atoms in total. The largest absolute Gasteiger partial charge is 0.461 e. The van der Waals surface area contributed by atoms with Gasteiger partial charge in [-0.3, -0.25) is 0 Å². The van der Waals surface area contributed by atoms with Crippen molar-refractivity contribution in [3.05, 3.63) is 276 Å². The van der Waals surface area contributed by atoms with Crippen LogP contribution in [0.25, 0.3) is 16.3 Å². The molecule has 10 rings (SSSR count). The Hall–Kier alpha value is -7.82. The maximum atomic E-state index is 6.41. The lowest BCUT2D eigenvalue weighted by atomic mass is 9.85. The van der Waals surface area contributed by atoms with Gasteiger partial charge in [-0.2, -0.15) is 0 Å². The molecule has 2 aliphatic carbocycles. The van der Waals surface area contributed by atoms with Crippen molar-refractivity contribution in [1.29, 1.82) is 0 Å². The fraction of sp³-hybridized carbons (Fsp3) is 0.115. The SMILES string of the molecule is C=C/C=C\C(=C1/Cc2ccccc2O1)c1ccc(N(C(/C=C\C)=C/C=C)C(/C=C(\C=C)C2=CC3c4ccc5cc6c(cc5c4N(c4ccccc4)C3C=C2)C2CC=CC=C2O6)=C/C)cc1. The fourth-order valence-electron chi connectivity index (χ4n) is 10.00. The Morgan fingerprint density at radius 2 is 1.65 bits per heavy atom. The Balaban J connectivity index is 1.03. The smallest absolute Gasteiger partial charge is 0.131 e. The van der Waals surface area contributed by atoms with Gasteiger partial charge in [-0.15, -0.1) is 0 Å². The van der Waals surface area contributed by atoms with E-state index in [1.54, 1.807) is 6.08 Å². The van der Waals surface area contributed by atoms with Crippen LogP contribution in [0.3, 0.4) is 0 Å². The van der Waals surface area contributed by atoms with Gasteiger partial charge in [0, 0.05) is 63.1 Å². The summed E-state index contributed by atoms with van der Waals surface area (Å²) in [7, 11) is 0. The van der Waals surface area contributed by atoms with Crippen LogP contribution in [-0.2, 0) is 6.42 Å². The lowest BCUT2D eigenvalue weighted by Crippen LogP contribution is -2.29. The Bertz CT molecular complexity index is 3040. The van der Waals surface area contributed by atoms with E-state index in [1.807, 2.05) is 37.3 Å². The molecule has 65 heavy (non-hydrogen) atoms. The third-order valence-corrected chi connectivity index (χ3v) is 13.0. The van der Waals surface area contributed by atoms with E-state index >= 15 is 0 Å². The van der Waals surface area contributed by atoms with Gasteiger partial charge in [-0.05, 0) is 115 Å². The van der Waals surface area contributed by atoms with Crippen LogP contribution < -0.4 is 19.3 Å². The van der Waals surface area contributed by atoms with Crippen molar-refractivity contribution in [2.45, 2.75) is 44.6 Å². The Morgan fingerprint density at radius 3 is 2.42 bits per heavy atom. The van der Waals surface area contributed by atoms with Crippen molar-refractivity contribution in [1.82, 2.24) is 0 Å². The Morgan fingerprint density at radius 1 is 0.815 bits per heavy atom. The number of anilines is 3. The second-order valence-corrected chi connectivity index (χ2v) is 16.8. The van der Waals surface area contributed by atoms with Crippen LogP contribution in [0.1, 0.15) is 54.4 Å². The minimum atomic E-state index is 0.100. The zero-order valence-electron chi connectivity index (χ0n) is 37.0. The van der Waals surface area contributed by atoms with Gasteiger partial charge >= 0.3 is 0 Å². The van der Waals surface area contributed by atoms with E-state index in [9.17, 15) is 0 Å². The van der Waals surface area contributed by atoms with Gasteiger partial charge in [0.2, 0.25) is 0 Å². The molecule has 5 aliphatic rings. The average molecular weight is 845 g/mol. The van der Waals surface area contributed by atoms with E-state index in [-0.39, 0.29) is 17.9 Å². The lowest BCUT2D eigenvalue weighted by Gasteiger charge is -2.31. The Labute approximate surface area is 383 Å². The van der Waals surface area contributed by atoms with Crippen molar-refractivity contribution >= 4 is 33.4 Å². The van der Waals surface area contributed by atoms with Crippen molar-refractivity contribution in [3.63, 3.8) is 0 Å². The molecule has 5 aromatic rings. The molecule has 0 radical (unpaired) electrons. The number of allylic oxidation sites excluding steroid dienone is 19. The van der Waals surface area contributed by atoms with Gasteiger partial charge in [0.05, 0.1) is 11.7 Å². The van der Waals surface area contributed by atoms with Crippen molar-refractivity contribution in [2.75, 3.05) is 9.80 Å². The summed E-state index contributed by atoms with van der Waals surface area (Å²) in [6.07, 6.45) is 35.6. The van der Waals surface area contributed by atoms with Gasteiger partial charge in [0.1, 0.15) is 23.0 Å². The van der Waals surface area contributed by atoms with Gasteiger partial charge < -0.3 is 19.3 Å². The number of rotatable bonds is 12. The molecule has 3 atom stereocenters. The second-order valence-electron chi connectivity index (χ2n) is 16.8. The number of hydrogen-bond acceptors (Lipinski definition) is 4. The summed E-state index contributed by atoms with van der Waals surface area (Å²) in [6, 6.07) is 37.1. The molecule has 0 bridgehead atoms. The lowest BCUT2D eigenvalue weighted by molar-refractivity contribution is 0.425. The number of benzene rings is 5. The molecule has 0 saturated carbocycles. The van der Waals surface area contributed by atoms with Crippen molar-refractivity contribution in [3.8, 4) is 11.5 Å². The third kappa shape index (κ3) is 7.51. The molecule has 0 aromatic heterocycles. The highest BCUT2D eigenvalue weighted by Crippen LogP contribution is 2.54. The molecule has 3 heterocycles. The summed E-state index contributed by atoms with van der Waals surface area (Å²) in [4.78, 5) is 4.82. The first kappa shape index (κ1) is 41.2. The highest BCUT2D eigenvalue weighted by molar-refractivity contribution is 6.02. The summed E-state index contributed by atoms with van der Waals surface area (Å²) in [5.74, 6) is 4.22. The van der Waals surface area contributed by atoms with E-state index in [0.717, 1.165) is 75.2 Å². The number of fused-ring (bicyclic) bond motifs is 9. The van der Waals surface area contributed by atoms with Gasteiger partial charge in [0.25, 0.3) is 0 Å². The first-order valence-corrected chi connectivity index (χ1v) is 22.6. The molecular formula is C61H52N2O2. The van der Waals surface area contributed by atoms with E-state index in [1.165, 1.54) is 38.8 Å². The fourth-order valence-corrected chi connectivity index (χ4v) is 10.00. The first-order chi connectivity index (χ1) is 32.0. The molecule has 0 fully saturated rings. The van der Waals surface area contributed by atoms with Gasteiger partial charge in [-0.1, -0.05) is 153 Å². The van der Waals surface area contributed by atoms with E-state index in [0.29, 0.717) is 0 Å². The predicted octanol–water partition coefficient (Wildman–Crippen LogP) is 15.5. The minimum absolute atomic E-state index is 0.100. The normalized spacial score (nSPS) is 20.4. The standard InChI is InChI=1S/C61H52N2O2/c1-6-11-24-50(59-39-45-21-15-17-26-57(45)64-59)42-28-32-49(33-29-42)62(47(19-7-2)20-8-3)46(10-5)36-41(9-4)43-31-35-56-54(37-43)52-34-30-44-38-60-55(51-25-16-18-27-58(51)65-60)40-53(44)61(52)63(56)48-22-13-12-14-23-48/h6-24,26-38,40,51,54,56H,1-2,4,25,39H2,3,5H3/b20-8-,24-11-,41-36+,46-10+,47-19+,59-50-. The average Bonchev–Trinajstić information content (AvgIpc) is 4.04. The van der Waals surface area contributed by atoms with Gasteiger partial charge in [0.15, 0.2) is 0 Å². The van der Waals surface area contributed by atoms with Crippen LogP contribution in [0.5, 0.6) is 11.5 Å². The van der Waals surface area contributed by atoms with Crippen LogP contribution in [0.2, 0.25) is 0 Å². The van der Waals surface area contributed by atoms with Crippen LogP contribution in [-0.4, -0.2) is 6.04 Å². The number of para-hydroxylation sites is 2. The quantitative estimate of drug-likeness (QED) is 0.117. The maximum absolute atomic E-state index is 6.41. The molecule has 3 unspecified atom stereocenters. The molecular weight excluding hydrogens is 793 g/mol. The summed E-state index contributed by atoms with van der Waals surface area (Å²) < 4.78 is 12.8. The zero-order valence-corrected chi connectivity index (χ0v) is 37.0. The summed E-state index contributed by atoms with van der Waals surface area (Å²) in [5.41, 5.74) is 13.5. The third-order valence-electron chi connectivity index (χ3n) is 13.0. The molecule has 5 aromatic carbocycles. The molecule has 0 spiro atoms. The molecule has 0 saturated heterocycles. The number of hydrogen-bond donors (Lipinski definition) is 0. The zero-order chi connectivity index (χ0) is 44.4. The molecule has 4 heteroatoms. The highest BCUT2D eigenvalue weighted by atomic mass is 16.5. The second kappa shape index (κ2) is 17.7. The first-order valence-electron chi connectivity index (χ1n) is 22.6. The number of nitrogens with zero attached hydrogens (tertiary/aromatic N) is 2. The predicted molar refractivity (Wildman–Crippen MR) is 273 cm³/mol. The van der Waals surface area contributed by atoms with Gasteiger partial charge in [-0.25, -0.2) is 0 Å². The van der Waals surface area contributed by atoms with E-state index in [2.05, 4.69) is 200 Å². The monoisotopic (exact) mass is 844 g/mol. The van der Waals surface area contributed by atoms with Crippen LogP contribution in [0.4, 0.5) is 17.1 Å². The van der Waals surface area contributed by atoms with Crippen LogP contribution in [0, 0.1) is 0 Å². The molecule has 0 N–H and O–H groups in total. The van der Waals surface area contributed by atoms with E-state index < -0.39 is 0 Å². The van der Waals surface area contributed by atoms with E-state index in [4.69, 9.17) is 9.47 Å². The summed E-state index contributed by atoms with van der Waals surface area (Å²) in [6.45, 7) is 16.6. The van der Waals surface area contributed by atoms with Crippen molar-refractivity contribution < 1.29 is 9.47 Å².